The van der Waals surface area contributed by atoms with Crippen LogP contribution in [0, 0.1) is 0 Å². The predicted octanol–water partition coefficient (Wildman–Crippen LogP) is 4.00. The molecule has 4 nitrogen and oxygen atoms in total. The zero-order valence-electron chi connectivity index (χ0n) is 14.9. The summed E-state index contributed by atoms with van der Waals surface area (Å²) in [5.41, 5.74) is 7.80. The first-order valence-corrected chi connectivity index (χ1v) is 8.94. The van der Waals surface area contributed by atoms with Gasteiger partial charge in [-0.25, -0.2) is 4.98 Å². The van der Waals surface area contributed by atoms with Crippen LogP contribution in [0.1, 0.15) is 23.7 Å². The van der Waals surface area contributed by atoms with Gasteiger partial charge in [-0.3, -0.25) is 0 Å². The van der Waals surface area contributed by atoms with Crippen molar-refractivity contribution in [2.24, 2.45) is 0 Å². The first-order valence-electron chi connectivity index (χ1n) is 8.94. The molecule has 2 aromatic carbocycles. The molecule has 3 aromatic rings. The van der Waals surface area contributed by atoms with Crippen molar-refractivity contribution < 1.29 is 5.11 Å². The number of fused-ring (bicyclic) bond motifs is 1. The molecule has 0 saturated carbocycles. The van der Waals surface area contributed by atoms with Crippen molar-refractivity contribution in [2.45, 2.75) is 32.4 Å². The number of aliphatic hydroxyl groups is 1. The minimum absolute atomic E-state index is 0.416. The number of nitrogens with zero attached hydrogens (tertiary/aromatic N) is 2. The van der Waals surface area contributed by atoms with Gasteiger partial charge in [-0.2, -0.15) is 0 Å². The maximum Gasteiger partial charge on any atom is 0.0959 e. The lowest BCUT2D eigenvalue weighted by Crippen LogP contribution is -2.11. The van der Waals surface area contributed by atoms with Crippen LogP contribution >= 0.6 is 0 Å². The lowest BCUT2D eigenvalue weighted by molar-refractivity contribution is 0.193. The number of hydrogen-bond acceptors (Lipinski definition) is 3. The molecule has 2 N–H and O–H groups in total. The number of rotatable bonds is 5. The largest absolute Gasteiger partial charge is 0.393 e. The zero-order valence-corrected chi connectivity index (χ0v) is 14.9. The fourth-order valence-corrected chi connectivity index (χ4v) is 3.55. The van der Waals surface area contributed by atoms with Gasteiger partial charge < -0.3 is 15.0 Å². The van der Waals surface area contributed by atoms with Gasteiger partial charge in [-0.05, 0) is 24.1 Å². The number of nitrogens with one attached hydrogen (secondary N) is 1. The van der Waals surface area contributed by atoms with Gasteiger partial charge in [-0.1, -0.05) is 49.0 Å². The molecule has 1 atom stereocenters. The van der Waals surface area contributed by atoms with E-state index >= 15 is 0 Å². The maximum atomic E-state index is 9.98. The standard InChI is InChI=1S/C22H23N3O/c1-15-10-19-12-17(8-9-20(19)24-15)13-25-14-23-22(21(25)11-16(2)26)18-6-4-3-5-7-18/h3-9,12,14,16,24,26H,1,10-11,13H2,2H3. The van der Waals surface area contributed by atoms with Gasteiger partial charge in [0, 0.05) is 42.0 Å². The number of aromatic nitrogens is 2. The highest BCUT2D eigenvalue weighted by atomic mass is 16.3. The second kappa shape index (κ2) is 6.81. The highest BCUT2D eigenvalue weighted by molar-refractivity contribution is 5.63. The van der Waals surface area contributed by atoms with E-state index in [1.165, 1.54) is 11.1 Å². The molecule has 4 heteroatoms. The van der Waals surface area contributed by atoms with E-state index in [1.807, 2.05) is 31.5 Å². The van der Waals surface area contributed by atoms with Crippen LogP contribution in [-0.2, 0) is 19.4 Å². The topological polar surface area (TPSA) is 50.1 Å². The molecule has 2 heterocycles. The molecular formula is C22H23N3O. The van der Waals surface area contributed by atoms with Crippen LogP contribution in [0.2, 0.25) is 0 Å². The third kappa shape index (κ3) is 3.28. The van der Waals surface area contributed by atoms with E-state index in [9.17, 15) is 5.11 Å². The van der Waals surface area contributed by atoms with Crippen LogP contribution in [0.3, 0.4) is 0 Å². The van der Waals surface area contributed by atoms with E-state index in [0.29, 0.717) is 6.42 Å². The van der Waals surface area contributed by atoms with Gasteiger partial charge in [0.15, 0.2) is 0 Å². The first kappa shape index (κ1) is 16.6. The van der Waals surface area contributed by atoms with Crippen LogP contribution < -0.4 is 5.32 Å². The normalized spacial score (nSPS) is 14.2. The van der Waals surface area contributed by atoms with Crippen molar-refractivity contribution in [1.29, 1.82) is 0 Å². The second-order valence-electron chi connectivity index (χ2n) is 6.98. The summed E-state index contributed by atoms with van der Waals surface area (Å²) in [4.78, 5) is 4.65. The van der Waals surface area contributed by atoms with E-state index < -0.39 is 6.10 Å². The Bertz CT molecular complexity index is 941. The van der Waals surface area contributed by atoms with E-state index in [2.05, 4.69) is 51.8 Å². The van der Waals surface area contributed by atoms with E-state index in [0.717, 1.165) is 41.3 Å². The van der Waals surface area contributed by atoms with E-state index in [1.54, 1.807) is 0 Å². The van der Waals surface area contributed by atoms with E-state index in [4.69, 9.17) is 0 Å². The van der Waals surface area contributed by atoms with Crippen LogP contribution in [0.5, 0.6) is 0 Å². The Morgan fingerprint density at radius 2 is 2.04 bits per heavy atom. The molecule has 1 unspecified atom stereocenters. The number of allylic oxidation sites excluding steroid dienone is 1. The summed E-state index contributed by atoms with van der Waals surface area (Å²) in [5, 5.41) is 13.3. The van der Waals surface area contributed by atoms with Crippen molar-refractivity contribution in [3.8, 4) is 11.3 Å². The molecule has 0 amide bonds. The molecule has 1 aliphatic rings. The Labute approximate surface area is 153 Å². The molecule has 26 heavy (non-hydrogen) atoms. The highest BCUT2D eigenvalue weighted by Gasteiger charge is 2.17. The molecular weight excluding hydrogens is 322 g/mol. The maximum absolute atomic E-state index is 9.98. The molecule has 0 aliphatic carbocycles. The zero-order chi connectivity index (χ0) is 18.1. The van der Waals surface area contributed by atoms with Gasteiger partial charge in [0.2, 0.25) is 0 Å². The molecule has 4 rings (SSSR count). The Kier molecular flexibility index (Phi) is 4.35. The Morgan fingerprint density at radius 3 is 2.81 bits per heavy atom. The summed E-state index contributed by atoms with van der Waals surface area (Å²) in [7, 11) is 0. The highest BCUT2D eigenvalue weighted by Crippen LogP contribution is 2.29. The third-order valence-electron chi connectivity index (χ3n) is 4.72. The fourth-order valence-electron chi connectivity index (χ4n) is 3.55. The summed E-state index contributed by atoms with van der Waals surface area (Å²) in [6, 6.07) is 16.6. The van der Waals surface area contributed by atoms with Crippen molar-refractivity contribution in [3.63, 3.8) is 0 Å². The van der Waals surface area contributed by atoms with Crippen LogP contribution in [0.15, 0.2) is 67.1 Å². The SMILES string of the molecule is C=C1Cc2cc(Cn3cnc(-c4ccccc4)c3CC(C)O)ccc2N1. The summed E-state index contributed by atoms with van der Waals surface area (Å²) in [5.74, 6) is 0. The lowest BCUT2D eigenvalue weighted by atomic mass is 10.1. The quantitative estimate of drug-likeness (QED) is 0.735. The second-order valence-corrected chi connectivity index (χ2v) is 6.98. The van der Waals surface area contributed by atoms with Crippen LogP contribution in [0.4, 0.5) is 5.69 Å². The lowest BCUT2D eigenvalue weighted by Gasteiger charge is -2.13. The van der Waals surface area contributed by atoms with E-state index in [-0.39, 0.29) is 0 Å². The summed E-state index contributed by atoms with van der Waals surface area (Å²) < 4.78 is 2.15. The molecule has 0 bridgehead atoms. The molecule has 0 radical (unpaired) electrons. The Balaban J connectivity index is 1.67. The average Bonchev–Trinajstić information content (AvgIpc) is 3.18. The van der Waals surface area contributed by atoms with Crippen molar-refractivity contribution in [3.05, 3.63) is 84.0 Å². The average molecular weight is 345 g/mol. The number of anilines is 1. The molecule has 0 fully saturated rings. The van der Waals surface area contributed by atoms with Gasteiger partial charge in [0.05, 0.1) is 18.1 Å². The Morgan fingerprint density at radius 1 is 1.23 bits per heavy atom. The monoisotopic (exact) mass is 345 g/mol. The van der Waals surface area contributed by atoms with Gasteiger partial charge in [0.1, 0.15) is 0 Å². The number of aliphatic hydroxyl groups excluding tert-OH is 1. The molecule has 132 valence electrons. The summed E-state index contributed by atoms with van der Waals surface area (Å²) in [6.07, 6.45) is 2.92. The molecule has 0 saturated heterocycles. The van der Waals surface area contributed by atoms with Crippen molar-refractivity contribution in [2.75, 3.05) is 5.32 Å². The first-order chi connectivity index (χ1) is 12.6. The van der Waals surface area contributed by atoms with Gasteiger partial charge in [0.25, 0.3) is 0 Å². The predicted molar refractivity (Wildman–Crippen MR) is 105 cm³/mol. The van der Waals surface area contributed by atoms with Crippen LogP contribution in [0.25, 0.3) is 11.3 Å². The number of hydrogen-bond donors (Lipinski definition) is 2. The van der Waals surface area contributed by atoms with Crippen LogP contribution in [-0.4, -0.2) is 20.8 Å². The van der Waals surface area contributed by atoms with Gasteiger partial charge >= 0.3 is 0 Å². The number of imidazole rings is 1. The minimum Gasteiger partial charge on any atom is -0.393 e. The summed E-state index contributed by atoms with van der Waals surface area (Å²) >= 11 is 0. The molecule has 1 aromatic heterocycles. The minimum atomic E-state index is -0.416. The third-order valence-corrected chi connectivity index (χ3v) is 4.72. The summed E-state index contributed by atoms with van der Waals surface area (Å²) in [6.45, 7) is 6.57. The fraction of sp³-hybridized carbons (Fsp3) is 0.227. The molecule has 1 aliphatic heterocycles. The Hall–Kier alpha value is -2.85. The number of benzene rings is 2. The van der Waals surface area contributed by atoms with Crippen molar-refractivity contribution >= 4 is 5.69 Å². The molecule has 0 spiro atoms. The smallest absolute Gasteiger partial charge is 0.0959 e. The van der Waals surface area contributed by atoms with Crippen molar-refractivity contribution in [1.82, 2.24) is 9.55 Å². The van der Waals surface area contributed by atoms with Gasteiger partial charge in [-0.15, -0.1) is 0 Å².